The van der Waals surface area contributed by atoms with Gasteiger partial charge in [0.1, 0.15) is 5.82 Å². The van der Waals surface area contributed by atoms with Gasteiger partial charge in [-0.1, -0.05) is 6.07 Å². The number of aromatic nitrogens is 2. The van der Waals surface area contributed by atoms with Crippen LogP contribution in [0.25, 0.3) is 10.9 Å². The highest BCUT2D eigenvalue weighted by molar-refractivity contribution is 5.99. The van der Waals surface area contributed by atoms with Crippen LogP contribution < -0.4 is 10.2 Å². The van der Waals surface area contributed by atoms with Gasteiger partial charge < -0.3 is 15.2 Å². The summed E-state index contributed by atoms with van der Waals surface area (Å²) < 4.78 is 13.4. The minimum atomic E-state index is -0.224. The fourth-order valence-electron chi connectivity index (χ4n) is 5.48. The van der Waals surface area contributed by atoms with Gasteiger partial charge in [-0.25, -0.2) is 4.39 Å². The number of carbonyl (C=O) groups is 1. The van der Waals surface area contributed by atoms with E-state index in [1.165, 1.54) is 29.0 Å². The molecule has 1 fully saturated rings. The predicted octanol–water partition coefficient (Wildman–Crippen LogP) is 4.66. The molecule has 1 saturated heterocycles. The van der Waals surface area contributed by atoms with E-state index in [2.05, 4.69) is 31.2 Å². The highest BCUT2D eigenvalue weighted by atomic mass is 19.1. The third-order valence-corrected chi connectivity index (χ3v) is 7.48. The second-order valence-electron chi connectivity index (χ2n) is 9.88. The maximum atomic E-state index is 13.4. The molecule has 1 amide bonds. The maximum absolute atomic E-state index is 13.4. The first-order chi connectivity index (χ1) is 17.6. The molecule has 4 heterocycles. The first-order valence-corrected chi connectivity index (χ1v) is 12.7. The Morgan fingerprint density at radius 3 is 2.69 bits per heavy atom. The number of carbonyl (C=O) groups excluding carboxylic acids is 1. The van der Waals surface area contributed by atoms with Gasteiger partial charge >= 0.3 is 0 Å². The first kappa shape index (κ1) is 22.7. The van der Waals surface area contributed by atoms with Gasteiger partial charge in [-0.2, -0.15) is 0 Å². The normalized spacial score (nSPS) is 16.8. The number of nitrogens with one attached hydrogen (secondary N) is 2. The van der Waals surface area contributed by atoms with E-state index in [0.717, 1.165) is 68.6 Å². The van der Waals surface area contributed by atoms with Crippen LogP contribution in [0.4, 0.5) is 10.1 Å². The van der Waals surface area contributed by atoms with E-state index >= 15 is 0 Å². The number of benzene rings is 2. The van der Waals surface area contributed by atoms with E-state index in [9.17, 15) is 9.18 Å². The molecule has 0 spiro atoms. The Bertz CT molecular complexity index is 1360. The number of anilines is 1. The van der Waals surface area contributed by atoms with Crippen LogP contribution in [0.5, 0.6) is 0 Å². The second kappa shape index (κ2) is 9.74. The molecule has 0 bridgehead atoms. The smallest absolute Gasteiger partial charge is 0.251 e. The number of fused-ring (bicyclic) bond motifs is 3. The van der Waals surface area contributed by atoms with E-state index < -0.39 is 0 Å². The average Bonchev–Trinajstić information content (AvgIpc) is 3.28. The molecular formula is C29H30FN5O. The second-order valence-corrected chi connectivity index (χ2v) is 9.88. The van der Waals surface area contributed by atoms with E-state index in [1.54, 1.807) is 6.20 Å². The number of pyridine rings is 1. The van der Waals surface area contributed by atoms with E-state index in [1.807, 2.05) is 42.6 Å². The van der Waals surface area contributed by atoms with Crippen molar-refractivity contribution in [3.63, 3.8) is 0 Å². The molecule has 0 aliphatic carbocycles. The van der Waals surface area contributed by atoms with Crippen LogP contribution in [0.1, 0.15) is 40.0 Å². The Balaban J connectivity index is 1.12. The number of rotatable bonds is 5. The van der Waals surface area contributed by atoms with Crippen molar-refractivity contribution in [1.29, 1.82) is 0 Å². The maximum Gasteiger partial charge on any atom is 0.251 e. The summed E-state index contributed by atoms with van der Waals surface area (Å²) in [5.41, 5.74) is 6.43. The Morgan fingerprint density at radius 1 is 1.08 bits per heavy atom. The van der Waals surface area contributed by atoms with Crippen LogP contribution in [-0.2, 0) is 19.5 Å². The van der Waals surface area contributed by atoms with Gasteiger partial charge in [-0.3, -0.25) is 14.7 Å². The molecule has 0 saturated carbocycles. The molecule has 0 atom stereocenters. The van der Waals surface area contributed by atoms with Gasteiger partial charge in [0.25, 0.3) is 5.91 Å². The molecule has 2 aromatic carbocycles. The largest absolute Gasteiger partial charge is 0.367 e. The van der Waals surface area contributed by atoms with Crippen molar-refractivity contribution in [2.45, 2.75) is 38.4 Å². The summed E-state index contributed by atoms with van der Waals surface area (Å²) >= 11 is 0. The lowest BCUT2D eigenvalue weighted by atomic mass is 10.0. The molecule has 0 radical (unpaired) electrons. The lowest BCUT2D eigenvalue weighted by Crippen LogP contribution is -2.44. The number of likely N-dealkylation sites (tertiary alicyclic amines) is 1. The molecule has 2 N–H and O–H groups in total. The standard InChI is InChI=1S/C29H30FN5O/c30-22-4-6-24(7-5-22)35-15-11-28-26(19-35)25-16-21(3-8-27(25)33-28)29(36)32-23-9-13-34(14-10-23)18-20-2-1-12-31-17-20/h1-8,12,16-17,23,33H,9-11,13-15,18-19H2,(H,32,36). The van der Waals surface area contributed by atoms with Gasteiger partial charge in [0, 0.05) is 91.0 Å². The number of H-pyrrole nitrogens is 1. The number of hydrogen-bond acceptors (Lipinski definition) is 4. The van der Waals surface area contributed by atoms with Crippen molar-refractivity contribution in [3.8, 4) is 0 Å². The molecular weight excluding hydrogens is 453 g/mol. The summed E-state index contributed by atoms with van der Waals surface area (Å²) in [6, 6.07) is 16.9. The zero-order chi connectivity index (χ0) is 24.5. The quantitative estimate of drug-likeness (QED) is 0.434. The molecule has 36 heavy (non-hydrogen) atoms. The Labute approximate surface area is 210 Å². The van der Waals surface area contributed by atoms with Crippen molar-refractivity contribution in [2.75, 3.05) is 24.5 Å². The summed E-state index contributed by atoms with van der Waals surface area (Å²) in [6.07, 6.45) is 6.50. The highest BCUT2D eigenvalue weighted by Crippen LogP contribution is 2.31. The summed E-state index contributed by atoms with van der Waals surface area (Å²) in [5, 5.41) is 4.36. The fourth-order valence-corrected chi connectivity index (χ4v) is 5.48. The van der Waals surface area contributed by atoms with Crippen LogP contribution in [0, 0.1) is 5.82 Å². The number of aromatic amines is 1. The lowest BCUT2D eigenvalue weighted by molar-refractivity contribution is 0.0909. The summed E-state index contributed by atoms with van der Waals surface area (Å²) in [4.78, 5) is 25.6. The van der Waals surface area contributed by atoms with E-state index in [-0.39, 0.29) is 17.8 Å². The van der Waals surface area contributed by atoms with Gasteiger partial charge in [0.05, 0.1) is 0 Å². The lowest BCUT2D eigenvalue weighted by Gasteiger charge is -2.32. The fraction of sp³-hybridized carbons (Fsp3) is 0.310. The molecule has 6 nitrogen and oxygen atoms in total. The molecule has 6 rings (SSSR count). The minimum absolute atomic E-state index is 0.0104. The van der Waals surface area contributed by atoms with Crippen LogP contribution in [0.2, 0.25) is 0 Å². The van der Waals surface area contributed by atoms with E-state index in [0.29, 0.717) is 5.56 Å². The Morgan fingerprint density at radius 2 is 1.92 bits per heavy atom. The van der Waals surface area contributed by atoms with Crippen molar-refractivity contribution in [2.24, 2.45) is 0 Å². The SMILES string of the molecule is O=C(NC1CCN(Cc2cccnc2)CC1)c1ccc2[nH]c3c(c2c1)CN(c1ccc(F)cc1)CC3. The van der Waals surface area contributed by atoms with Crippen LogP contribution in [0.3, 0.4) is 0 Å². The number of nitrogens with zero attached hydrogens (tertiary/aromatic N) is 3. The Hall–Kier alpha value is -3.71. The number of amides is 1. The van der Waals surface area contributed by atoms with Gasteiger partial charge in [-0.05, 0) is 66.9 Å². The van der Waals surface area contributed by atoms with Crippen molar-refractivity contribution in [1.82, 2.24) is 20.2 Å². The zero-order valence-electron chi connectivity index (χ0n) is 20.2. The summed E-state index contributed by atoms with van der Waals surface area (Å²) in [5.74, 6) is -0.234. The van der Waals surface area contributed by atoms with Gasteiger partial charge in [0.15, 0.2) is 0 Å². The number of hydrogen-bond donors (Lipinski definition) is 2. The summed E-state index contributed by atoms with van der Waals surface area (Å²) in [6.45, 7) is 4.44. The minimum Gasteiger partial charge on any atom is -0.367 e. The van der Waals surface area contributed by atoms with E-state index in [4.69, 9.17) is 0 Å². The molecule has 2 aromatic heterocycles. The predicted molar refractivity (Wildman–Crippen MR) is 139 cm³/mol. The zero-order valence-corrected chi connectivity index (χ0v) is 20.2. The average molecular weight is 484 g/mol. The van der Waals surface area contributed by atoms with Crippen molar-refractivity contribution < 1.29 is 9.18 Å². The third-order valence-electron chi connectivity index (χ3n) is 7.48. The van der Waals surface area contributed by atoms with Crippen LogP contribution >= 0.6 is 0 Å². The molecule has 184 valence electrons. The van der Waals surface area contributed by atoms with Crippen molar-refractivity contribution in [3.05, 3.63) is 95.2 Å². The van der Waals surface area contributed by atoms with Gasteiger partial charge in [-0.15, -0.1) is 0 Å². The topological polar surface area (TPSA) is 64.3 Å². The van der Waals surface area contributed by atoms with Crippen molar-refractivity contribution >= 4 is 22.5 Å². The molecule has 0 unspecified atom stereocenters. The Kier molecular flexibility index (Phi) is 6.15. The first-order valence-electron chi connectivity index (χ1n) is 12.7. The monoisotopic (exact) mass is 483 g/mol. The molecule has 2 aliphatic heterocycles. The molecule has 2 aliphatic rings. The molecule has 4 aromatic rings. The third kappa shape index (κ3) is 4.71. The molecule has 7 heteroatoms. The summed E-state index contributed by atoms with van der Waals surface area (Å²) in [7, 11) is 0. The van der Waals surface area contributed by atoms with Crippen LogP contribution in [-0.4, -0.2) is 46.5 Å². The number of halogens is 1. The van der Waals surface area contributed by atoms with Crippen LogP contribution in [0.15, 0.2) is 67.0 Å². The highest BCUT2D eigenvalue weighted by Gasteiger charge is 2.24. The van der Waals surface area contributed by atoms with Gasteiger partial charge in [0.2, 0.25) is 0 Å². The number of piperidine rings is 1.